The van der Waals surface area contributed by atoms with E-state index in [-0.39, 0.29) is 11.7 Å². The summed E-state index contributed by atoms with van der Waals surface area (Å²) in [7, 11) is 0. The van der Waals surface area contributed by atoms with Gasteiger partial charge in [-0.25, -0.2) is 9.07 Å². The summed E-state index contributed by atoms with van der Waals surface area (Å²) in [5.41, 5.74) is 7.17. The zero-order chi connectivity index (χ0) is 13.1. The minimum Gasteiger partial charge on any atom is -0.409 e. The zero-order valence-corrected chi connectivity index (χ0v) is 9.71. The van der Waals surface area contributed by atoms with Crippen molar-refractivity contribution in [2.45, 2.75) is 13.5 Å². The van der Waals surface area contributed by atoms with Crippen molar-refractivity contribution < 1.29 is 9.60 Å². The molecule has 0 fully saturated rings. The summed E-state index contributed by atoms with van der Waals surface area (Å²) in [6.07, 6.45) is 0. The molecule has 0 unspecified atom stereocenters. The normalized spacial score (nSPS) is 11.8. The van der Waals surface area contributed by atoms with Crippen LogP contribution in [0.15, 0.2) is 29.4 Å². The van der Waals surface area contributed by atoms with Crippen molar-refractivity contribution in [3.8, 4) is 0 Å². The lowest BCUT2D eigenvalue weighted by Crippen LogP contribution is -2.15. The number of nitrogens with zero attached hydrogens (tertiary/aromatic N) is 4. The van der Waals surface area contributed by atoms with Crippen LogP contribution < -0.4 is 5.73 Å². The van der Waals surface area contributed by atoms with Crippen LogP contribution >= 0.6 is 0 Å². The minimum absolute atomic E-state index is 0.0991. The Balaban J connectivity index is 2.28. The van der Waals surface area contributed by atoms with E-state index in [4.69, 9.17) is 10.9 Å². The van der Waals surface area contributed by atoms with E-state index in [2.05, 4.69) is 15.5 Å². The third-order valence-corrected chi connectivity index (χ3v) is 2.55. The average Bonchev–Trinajstić information content (AvgIpc) is 2.70. The molecule has 2 rings (SSSR count). The quantitative estimate of drug-likeness (QED) is 0.365. The summed E-state index contributed by atoms with van der Waals surface area (Å²) in [6.45, 7) is 2.11. The Kier molecular flexibility index (Phi) is 3.22. The molecule has 94 valence electrons. The van der Waals surface area contributed by atoms with Crippen molar-refractivity contribution in [1.82, 2.24) is 15.0 Å². The van der Waals surface area contributed by atoms with Crippen molar-refractivity contribution in [3.05, 3.63) is 47.0 Å². The van der Waals surface area contributed by atoms with Gasteiger partial charge in [0.25, 0.3) is 0 Å². The number of halogens is 1. The number of nitrogens with two attached hydrogens (primary N) is 1. The molecule has 0 saturated heterocycles. The number of rotatable bonds is 3. The lowest BCUT2D eigenvalue weighted by molar-refractivity contribution is 0.318. The van der Waals surface area contributed by atoms with Crippen LogP contribution in [-0.4, -0.2) is 26.0 Å². The summed E-state index contributed by atoms with van der Waals surface area (Å²) < 4.78 is 14.6. The van der Waals surface area contributed by atoms with Gasteiger partial charge in [0.15, 0.2) is 11.5 Å². The molecule has 0 atom stereocenters. The number of aromatic nitrogens is 3. The molecule has 0 aliphatic rings. The van der Waals surface area contributed by atoms with E-state index in [1.807, 2.05) is 0 Å². The van der Waals surface area contributed by atoms with Gasteiger partial charge >= 0.3 is 0 Å². The molecule has 1 heterocycles. The second-order valence-electron chi connectivity index (χ2n) is 3.80. The molecule has 2 aromatic rings. The molecular formula is C11H12FN5O. The molecule has 6 nitrogen and oxygen atoms in total. The fourth-order valence-electron chi connectivity index (χ4n) is 1.60. The van der Waals surface area contributed by atoms with E-state index in [0.717, 1.165) is 5.56 Å². The van der Waals surface area contributed by atoms with Gasteiger partial charge in [0.05, 0.1) is 12.2 Å². The van der Waals surface area contributed by atoms with E-state index in [1.165, 1.54) is 12.1 Å². The molecular weight excluding hydrogens is 237 g/mol. The summed E-state index contributed by atoms with van der Waals surface area (Å²) >= 11 is 0. The van der Waals surface area contributed by atoms with Crippen LogP contribution in [-0.2, 0) is 6.54 Å². The number of hydrogen-bond donors (Lipinski definition) is 2. The molecule has 3 N–H and O–H groups in total. The van der Waals surface area contributed by atoms with Crippen LogP contribution in [0.3, 0.4) is 0 Å². The highest BCUT2D eigenvalue weighted by Crippen LogP contribution is 2.09. The lowest BCUT2D eigenvalue weighted by Gasteiger charge is -2.03. The third-order valence-electron chi connectivity index (χ3n) is 2.55. The van der Waals surface area contributed by atoms with Gasteiger partial charge in [0.2, 0.25) is 0 Å². The maximum atomic E-state index is 13.0. The average molecular weight is 249 g/mol. The predicted octanol–water partition coefficient (Wildman–Crippen LogP) is 0.868. The Morgan fingerprint density at radius 1 is 1.56 bits per heavy atom. The minimum atomic E-state index is -0.304. The van der Waals surface area contributed by atoms with Crippen LogP contribution in [0.1, 0.15) is 17.0 Å². The molecule has 0 aliphatic carbocycles. The van der Waals surface area contributed by atoms with Gasteiger partial charge in [-0.15, -0.1) is 5.10 Å². The highest BCUT2D eigenvalue weighted by atomic mass is 19.1. The molecule has 1 aromatic heterocycles. The fraction of sp³-hybridized carbons (Fsp3) is 0.182. The Bertz CT molecular complexity index is 593. The van der Waals surface area contributed by atoms with E-state index in [0.29, 0.717) is 17.9 Å². The predicted molar refractivity (Wildman–Crippen MR) is 62.8 cm³/mol. The van der Waals surface area contributed by atoms with Crippen molar-refractivity contribution >= 4 is 5.84 Å². The first-order valence-corrected chi connectivity index (χ1v) is 5.24. The number of benzene rings is 1. The Morgan fingerprint density at radius 3 is 3.00 bits per heavy atom. The van der Waals surface area contributed by atoms with E-state index >= 15 is 0 Å². The van der Waals surface area contributed by atoms with Gasteiger partial charge in [-0.2, -0.15) is 0 Å². The molecule has 18 heavy (non-hydrogen) atoms. The number of hydrogen-bond acceptors (Lipinski definition) is 4. The molecule has 0 radical (unpaired) electrons. The lowest BCUT2D eigenvalue weighted by atomic mass is 10.2. The van der Waals surface area contributed by atoms with Crippen LogP contribution in [0.2, 0.25) is 0 Å². The number of amidine groups is 1. The largest absolute Gasteiger partial charge is 0.409 e. The fourth-order valence-corrected chi connectivity index (χ4v) is 1.60. The molecule has 0 saturated carbocycles. The second kappa shape index (κ2) is 4.82. The van der Waals surface area contributed by atoms with Crippen LogP contribution in [0.25, 0.3) is 0 Å². The van der Waals surface area contributed by atoms with Crippen molar-refractivity contribution in [2.24, 2.45) is 10.9 Å². The molecule has 1 aromatic carbocycles. The highest BCUT2D eigenvalue weighted by molar-refractivity contribution is 5.95. The van der Waals surface area contributed by atoms with Crippen molar-refractivity contribution in [2.75, 3.05) is 0 Å². The first kappa shape index (κ1) is 12.0. The Labute approximate surface area is 103 Å². The third kappa shape index (κ3) is 2.29. The van der Waals surface area contributed by atoms with Crippen LogP contribution in [0.4, 0.5) is 4.39 Å². The maximum Gasteiger partial charge on any atom is 0.192 e. The summed E-state index contributed by atoms with van der Waals surface area (Å²) in [5, 5.41) is 19.1. The molecule has 0 bridgehead atoms. The standard InChI is InChI=1S/C11H12FN5O/c1-7-10(11(13)15-18)14-16-17(7)6-8-3-2-4-9(12)5-8/h2-5,18H,6H2,1H3,(H2,13,15). The molecule has 0 amide bonds. The van der Waals surface area contributed by atoms with E-state index in [9.17, 15) is 4.39 Å². The van der Waals surface area contributed by atoms with Gasteiger partial charge in [-0.1, -0.05) is 22.5 Å². The van der Waals surface area contributed by atoms with Crippen LogP contribution in [0.5, 0.6) is 0 Å². The SMILES string of the molecule is Cc1c(/C(N)=N/O)nnn1Cc1cccc(F)c1. The van der Waals surface area contributed by atoms with Crippen molar-refractivity contribution in [3.63, 3.8) is 0 Å². The number of oxime groups is 1. The first-order valence-electron chi connectivity index (χ1n) is 5.24. The highest BCUT2D eigenvalue weighted by Gasteiger charge is 2.12. The summed E-state index contributed by atoms with van der Waals surface area (Å²) in [6, 6.07) is 6.21. The maximum absolute atomic E-state index is 13.0. The second-order valence-corrected chi connectivity index (χ2v) is 3.80. The van der Waals surface area contributed by atoms with Gasteiger partial charge in [0, 0.05) is 0 Å². The van der Waals surface area contributed by atoms with Crippen molar-refractivity contribution in [1.29, 1.82) is 0 Å². The Morgan fingerprint density at radius 2 is 2.33 bits per heavy atom. The van der Waals surface area contributed by atoms with Gasteiger partial charge in [0.1, 0.15) is 5.82 Å². The van der Waals surface area contributed by atoms with Gasteiger partial charge in [-0.05, 0) is 24.6 Å². The molecule has 0 spiro atoms. The van der Waals surface area contributed by atoms with Gasteiger partial charge in [-0.3, -0.25) is 0 Å². The van der Waals surface area contributed by atoms with Gasteiger partial charge < -0.3 is 10.9 Å². The zero-order valence-electron chi connectivity index (χ0n) is 9.71. The smallest absolute Gasteiger partial charge is 0.192 e. The first-order chi connectivity index (χ1) is 8.61. The summed E-state index contributed by atoms with van der Waals surface area (Å²) in [4.78, 5) is 0. The van der Waals surface area contributed by atoms with E-state index < -0.39 is 0 Å². The van der Waals surface area contributed by atoms with Crippen LogP contribution in [0, 0.1) is 12.7 Å². The topological polar surface area (TPSA) is 89.3 Å². The summed E-state index contributed by atoms with van der Waals surface area (Å²) in [5.74, 6) is -0.403. The Hall–Kier alpha value is -2.44. The molecule has 7 heteroatoms. The monoisotopic (exact) mass is 249 g/mol. The molecule has 0 aliphatic heterocycles. The van der Waals surface area contributed by atoms with E-state index in [1.54, 1.807) is 23.7 Å².